The van der Waals surface area contributed by atoms with Crippen molar-refractivity contribution in [1.82, 2.24) is 10.6 Å². The maximum absolute atomic E-state index is 11.6. The molecular formula is C24H28IN3O4. The molecule has 0 aliphatic rings. The molecule has 0 unspecified atom stereocenters. The number of methoxy groups -OCH3 is 2. The molecule has 2 N–H and O–H groups in total. The van der Waals surface area contributed by atoms with Gasteiger partial charge in [0.2, 0.25) is 0 Å². The summed E-state index contributed by atoms with van der Waals surface area (Å²) < 4.78 is 15.3. The Kier molecular flexibility index (Phi) is 10.6. The summed E-state index contributed by atoms with van der Waals surface area (Å²) in [5, 5.41) is 6.68. The Hall–Kier alpha value is -3.01. The number of nitrogens with zero attached hydrogens (tertiary/aromatic N) is 1. The van der Waals surface area contributed by atoms with Gasteiger partial charge in [-0.2, -0.15) is 0 Å². The van der Waals surface area contributed by atoms with Crippen LogP contribution in [0.5, 0.6) is 5.75 Å². The minimum Gasteiger partial charge on any atom is -0.497 e. The first kappa shape index (κ1) is 25.3. The van der Waals surface area contributed by atoms with E-state index >= 15 is 0 Å². The number of esters is 1. The highest BCUT2D eigenvalue weighted by Crippen LogP contribution is 2.12. The fourth-order valence-corrected chi connectivity index (χ4v) is 2.90. The number of ether oxygens (including phenoxy) is 2. The summed E-state index contributed by atoms with van der Waals surface area (Å²) in [6, 6.07) is 18.9. The van der Waals surface area contributed by atoms with Crippen molar-refractivity contribution >= 4 is 35.9 Å². The Morgan fingerprint density at radius 1 is 0.969 bits per heavy atom. The Labute approximate surface area is 205 Å². The van der Waals surface area contributed by atoms with Gasteiger partial charge < -0.3 is 24.5 Å². The van der Waals surface area contributed by atoms with E-state index in [9.17, 15) is 4.79 Å². The van der Waals surface area contributed by atoms with Gasteiger partial charge in [-0.1, -0.05) is 24.3 Å². The van der Waals surface area contributed by atoms with E-state index in [1.165, 1.54) is 7.11 Å². The van der Waals surface area contributed by atoms with E-state index in [0.29, 0.717) is 31.2 Å². The molecule has 0 saturated carbocycles. The molecule has 0 radical (unpaired) electrons. The molecule has 0 aliphatic carbocycles. The van der Waals surface area contributed by atoms with Gasteiger partial charge >= 0.3 is 5.97 Å². The topological polar surface area (TPSA) is 85.1 Å². The van der Waals surface area contributed by atoms with Gasteiger partial charge in [0.05, 0.1) is 32.6 Å². The molecule has 0 saturated heterocycles. The number of rotatable bonds is 9. The van der Waals surface area contributed by atoms with E-state index < -0.39 is 0 Å². The number of guanidine groups is 1. The predicted octanol–water partition coefficient (Wildman–Crippen LogP) is 4.17. The minimum absolute atomic E-state index is 0. The monoisotopic (exact) mass is 549 g/mol. The molecule has 1 aromatic heterocycles. The minimum atomic E-state index is -0.346. The summed E-state index contributed by atoms with van der Waals surface area (Å²) in [5.74, 6) is 2.08. The molecule has 3 aromatic rings. The van der Waals surface area contributed by atoms with E-state index in [1.54, 1.807) is 25.5 Å². The van der Waals surface area contributed by atoms with Crippen molar-refractivity contribution in [2.45, 2.75) is 19.5 Å². The lowest BCUT2D eigenvalue weighted by atomic mass is 10.1. The standard InChI is InChI=1S/C24H27N3O4.HI/c1-29-21-11-7-19(8-12-21)17-27-24(25-14-13-22-4-3-15-31-22)26-16-18-5-9-20(10-6-18)23(28)30-2;/h3-12,15H,13-14,16-17H2,1-2H3,(H2,25,26,27);1H. The highest BCUT2D eigenvalue weighted by atomic mass is 127. The molecule has 2 aromatic carbocycles. The lowest BCUT2D eigenvalue weighted by Crippen LogP contribution is -2.38. The zero-order chi connectivity index (χ0) is 21.9. The van der Waals surface area contributed by atoms with Crippen molar-refractivity contribution < 1.29 is 18.7 Å². The van der Waals surface area contributed by atoms with Crippen molar-refractivity contribution in [3.63, 3.8) is 0 Å². The molecule has 0 aliphatic heterocycles. The van der Waals surface area contributed by atoms with E-state index in [0.717, 1.165) is 29.1 Å². The third-order valence-electron chi connectivity index (χ3n) is 4.66. The number of carbonyl (C=O) groups excluding carboxylic acids is 1. The van der Waals surface area contributed by atoms with E-state index in [-0.39, 0.29) is 29.9 Å². The van der Waals surface area contributed by atoms with Gasteiger partial charge in [-0.3, -0.25) is 0 Å². The fourth-order valence-electron chi connectivity index (χ4n) is 2.90. The number of aliphatic imine (C=N–C) groups is 1. The van der Waals surface area contributed by atoms with Crippen molar-refractivity contribution in [3.8, 4) is 5.75 Å². The van der Waals surface area contributed by atoms with Crippen LogP contribution in [0.3, 0.4) is 0 Å². The molecule has 8 heteroatoms. The number of hydrogen-bond donors (Lipinski definition) is 2. The number of benzene rings is 2. The molecule has 0 bridgehead atoms. The third-order valence-corrected chi connectivity index (χ3v) is 4.66. The SMILES string of the molecule is COC(=O)c1ccc(CNC(=NCc2ccc(OC)cc2)NCCc2ccco2)cc1.I. The largest absolute Gasteiger partial charge is 0.497 e. The maximum atomic E-state index is 11.6. The quantitative estimate of drug-likeness (QED) is 0.181. The summed E-state index contributed by atoms with van der Waals surface area (Å²) in [6.07, 6.45) is 2.42. The zero-order valence-electron chi connectivity index (χ0n) is 18.2. The highest BCUT2D eigenvalue weighted by molar-refractivity contribution is 14.0. The second-order valence-corrected chi connectivity index (χ2v) is 6.81. The van der Waals surface area contributed by atoms with Crippen LogP contribution in [0.4, 0.5) is 0 Å². The molecule has 0 amide bonds. The van der Waals surface area contributed by atoms with Crippen molar-refractivity contribution in [3.05, 3.63) is 89.4 Å². The molecule has 0 atom stereocenters. The zero-order valence-corrected chi connectivity index (χ0v) is 20.5. The van der Waals surface area contributed by atoms with Gasteiger partial charge in [0.15, 0.2) is 5.96 Å². The van der Waals surface area contributed by atoms with E-state index in [4.69, 9.17) is 18.9 Å². The van der Waals surface area contributed by atoms with Gasteiger partial charge in [-0.05, 0) is 47.5 Å². The average Bonchev–Trinajstić information content (AvgIpc) is 3.34. The van der Waals surface area contributed by atoms with Crippen LogP contribution in [0.1, 0.15) is 27.2 Å². The third kappa shape index (κ3) is 7.92. The first-order valence-corrected chi connectivity index (χ1v) is 10.0. The van der Waals surface area contributed by atoms with Crippen molar-refractivity contribution in [2.24, 2.45) is 4.99 Å². The normalized spacial score (nSPS) is 10.8. The Morgan fingerprint density at radius 2 is 1.69 bits per heavy atom. The second-order valence-electron chi connectivity index (χ2n) is 6.81. The number of nitrogens with one attached hydrogen (secondary N) is 2. The molecule has 7 nitrogen and oxygen atoms in total. The van der Waals surface area contributed by atoms with Gasteiger partial charge in [-0.25, -0.2) is 9.79 Å². The van der Waals surface area contributed by atoms with Crippen LogP contribution >= 0.6 is 24.0 Å². The summed E-state index contributed by atoms with van der Waals surface area (Å²) in [6.45, 7) is 1.78. The first-order chi connectivity index (χ1) is 15.2. The Bertz CT molecular complexity index is 971. The lowest BCUT2D eigenvalue weighted by molar-refractivity contribution is 0.0600. The maximum Gasteiger partial charge on any atom is 0.337 e. The fraction of sp³-hybridized carbons (Fsp3) is 0.250. The van der Waals surface area contributed by atoms with Crippen LogP contribution in [0.2, 0.25) is 0 Å². The van der Waals surface area contributed by atoms with Gasteiger partial charge in [0.25, 0.3) is 0 Å². The number of carbonyl (C=O) groups is 1. The molecule has 170 valence electrons. The Balaban J connectivity index is 0.00000363. The lowest BCUT2D eigenvalue weighted by Gasteiger charge is -2.13. The van der Waals surface area contributed by atoms with Crippen LogP contribution < -0.4 is 15.4 Å². The van der Waals surface area contributed by atoms with Crippen LogP contribution in [-0.4, -0.2) is 32.7 Å². The van der Waals surface area contributed by atoms with Crippen LogP contribution in [-0.2, 0) is 24.2 Å². The molecule has 1 heterocycles. The molecule has 0 fully saturated rings. The average molecular weight is 549 g/mol. The highest BCUT2D eigenvalue weighted by Gasteiger charge is 2.05. The summed E-state index contributed by atoms with van der Waals surface area (Å²) in [4.78, 5) is 16.3. The van der Waals surface area contributed by atoms with Gasteiger partial charge in [0.1, 0.15) is 11.5 Å². The van der Waals surface area contributed by atoms with Crippen molar-refractivity contribution in [1.29, 1.82) is 0 Å². The number of hydrogen-bond acceptors (Lipinski definition) is 5. The van der Waals surface area contributed by atoms with Gasteiger partial charge in [0, 0.05) is 19.5 Å². The summed E-state index contributed by atoms with van der Waals surface area (Å²) >= 11 is 0. The number of halogens is 1. The van der Waals surface area contributed by atoms with Gasteiger partial charge in [-0.15, -0.1) is 24.0 Å². The van der Waals surface area contributed by atoms with Crippen LogP contribution in [0.25, 0.3) is 0 Å². The summed E-state index contributed by atoms with van der Waals surface area (Å²) in [5.41, 5.74) is 2.63. The molecule has 0 spiro atoms. The van der Waals surface area contributed by atoms with Crippen LogP contribution in [0, 0.1) is 0 Å². The molecule has 3 rings (SSSR count). The first-order valence-electron chi connectivity index (χ1n) is 10.0. The molecule has 32 heavy (non-hydrogen) atoms. The number of furan rings is 1. The molecular weight excluding hydrogens is 521 g/mol. The second kappa shape index (κ2) is 13.4. The Morgan fingerprint density at radius 3 is 2.31 bits per heavy atom. The predicted molar refractivity (Wildman–Crippen MR) is 135 cm³/mol. The summed E-state index contributed by atoms with van der Waals surface area (Å²) in [7, 11) is 3.02. The van der Waals surface area contributed by atoms with Crippen molar-refractivity contribution in [2.75, 3.05) is 20.8 Å². The van der Waals surface area contributed by atoms with E-state index in [2.05, 4.69) is 10.6 Å². The smallest absolute Gasteiger partial charge is 0.337 e. The van der Waals surface area contributed by atoms with E-state index in [1.807, 2.05) is 48.5 Å². The van der Waals surface area contributed by atoms with Crippen LogP contribution in [0.15, 0.2) is 76.3 Å².